The lowest BCUT2D eigenvalue weighted by atomic mass is 9.99. The lowest BCUT2D eigenvalue weighted by Gasteiger charge is -2.14. The molecule has 1 aromatic heterocycles. The minimum atomic E-state index is -0.101. The zero-order valence-corrected chi connectivity index (χ0v) is 11.9. The standard InChI is InChI=1S/C17H18N4/c1-21-12-11-16(20-21)17(19-18)15-9-7-14(8-10-15)13-5-3-2-4-6-13/h2-12,17,19H,18H2,1H3. The summed E-state index contributed by atoms with van der Waals surface area (Å²) < 4.78 is 1.78. The number of hydrazine groups is 1. The number of aryl methyl sites for hydroxylation is 1. The van der Waals surface area contributed by atoms with Gasteiger partial charge in [-0.25, -0.2) is 5.43 Å². The highest BCUT2D eigenvalue weighted by Crippen LogP contribution is 2.24. The number of hydrogen-bond acceptors (Lipinski definition) is 3. The van der Waals surface area contributed by atoms with E-state index in [4.69, 9.17) is 5.84 Å². The largest absolute Gasteiger partial charge is 0.275 e. The molecule has 3 N–H and O–H groups in total. The highest BCUT2D eigenvalue weighted by atomic mass is 15.3. The van der Waals surface area contributed by atoms with E-state index in [1.165, 1.54) is 11.1 Å². The van der Waals surface area contributed by atoms with Crippen molar-refractivity contribution in [3.05, 3.63) is 78.1 Å². The van der Waals surface area contributed by atoms with Gasteiger partial charge in [-0.05, 0) is 22.8 Å². The summed E-state index contributed by atoms with van der Waals surface area (Å²) in [6.45, 7) is 0. The Bertz CT molecular complexity index is 701. The summed E-state index contributed by atoms with van der Waals surface area (Å²) in [5.74, 6) is 5.70. The average Bonchev–Trinajstić information content (AvgIpc) is 2.96. The molecule has 0 fully saturated rings. The summed E-state index contributed by atoms with van der Waals surface area (Å²) in [5, 5.41) is 4.41. The topological polar surface area (TPSA) is 55.9 Å². The molecule has 0 aliphatic carbocycles. The molecule has 106 valence electrons. The highest BCUT2D eigenvalue weighted by Gasteiger charge is 2.14. The van der Waals surface area contributed by atoms with Crippen molar-refractivity contribution in [1.29, 1.82) is 0 Å². The van der Waals surface area contributed by atoms with E-state index in [2.05, 4.69) is 46.9 Å². The number of hydrogen-bond donors (Lipinski definition) is 2. The maximum atomic E-state index is 5.70. The maximum absolute atomic E-state index is 5.70. The van der Waals surface area contributed by atoms with Crippen LogP contribution in [0.4, 0.5) is 0 Å². The van der Waals surface area contributed by atoms with Crippen LogP contribution < -0.4 is 11.3 Å². The van der Waals surface area contributed by atoms with Crippen LogP contribution in [0.15, 0.2) is 66.9 Å². The number of rotatable bonds is 4. The smallest absolute Gasteiger partial charge is 0.0899 e. The molecule has 0 radical (unpaired) electrons. The Balaban J connectivity index is 1.89. The fourth-order valence-electron chi connectivity index (χ4n) is 2.44. The van der Waals surface area contributed by atoms with Crippen LogP contribution in [0.5, 0.6) is 0 Å². The van der Waals surface area contributed by atoms with Crippen molar-refractivity contribution in [2.75, 3.05) is 0 Å². The second-order valence-corrected chi connectivity index (χ2v) is 5.00. The molecule has 0 saturated carbocycles. The third kappa shape index (κ3) is 2.86. The predicted molar refractivity (Wildman–Crippen MR) is 84.3 cm³/mol. The van der Waals surface area contributed by atoms with E-state index in [9.17, 15) is 0 Å². The summed E-state index contributed by atoms with van der Waals surface area (Å²) in [4.78, 5) is 0. The fraction of sp³-hybridized carbons (Fsp3) is 0.118. The van der Waals surface area contributed by atoms with Crippen molar-refractivity contribution in [3.63, 3.8) is 0 Å². The van der Waals surface area contributed by atoms with E-state index in [1.54, 1.807) is 4.68 Å². The van der Waals surface area contributed by atoms with E-state index in [-0.39, 0.29) is 6.04 Å². The van der Waals surface area contributed by atoms with Gasteiger partial charge < -0.3 is 0 Å². The first-order valence-corrected chi connectivity index (χ1v) is 6.89. The SMILES string of the molecule is Cn1ccc(C(NN)c2ccc(-c3ccccc3)cc2)n1. The molecule has 0 aliphatic rings. The Morgan fingerprint density at radius 3 is 2.19 bits per heavy atom. The first-order valence-electron chi connectivity index (χ1n) is 6.89. The third-order valence-corrected chi connectivity index (χ3v) is 3.55. The molecular weight excluding hydrogens is 260 g/mol. The Kier molecular flexibility index (Phi) is 3.81. The molecule has 1 atom stereocenters. The number of benzene rings is 2. The molecule has 4 nitrogen and oxygen atoms in total. The van der Waals surface area contributed by atoms with Gasteiger partial charge in [0.05, 0.1) is 11.7 Å². The summed E-state index contributed by atoms with van der Waals surface area (Å²) in [5.41, 5.74) is 7.23. The van der Waals surface area contributed by atoms with Gasteiger partial charge in [0.25, 0.3) is 0 Å². The number of nitrogens with one attached hydrogen (secondary N) is 1. The molecule has 0 saturated heterocycles. The zero-order valence-electron chi connectivity index (χ0n) is 11.9. The van der Waals surface area contributed by atoms with Gasteiger partial charge in [0.2, 0.25) is 0 Å². The van der Waals surface area contributed by atoms with E-state index >= 15 is 0 Å². The maximum Gasteiger partial charge on any atom is 0.0899 e. The Morgan fingerprint density at radius 2 is 1.62 bits per heavy atom. The second kappa shape index (κ2) is 5.91. The van der Waals surface area contributed by atoms with Crippen LogP contribution in [0.3, 0.4) is 0 Å². The average molecular weight is 278 g/mol. The van der Waals surface area contributed by atoms with Crippen LogP contribution in [0.25, 0.3) is 11.1 Å². The van der Waals surface area contributed by atoms with Gasteiger partial charge in [-0.1, -0.05) is 54.6 Å². The fourth-order valence-corrected chi connectivity index (χ4v) is 2.44. The van der Waals surface area contributed by atoms with Crippen molar-refractivity contribution in [2.45, 2.75) is 6.04 Å². The van der Waals surface area contributed by atoms with Crippen LogP contribution in [-0.4, -0.2) is 9.78 Å². The minimum absolute atomic E-state index is 0.101. The van der Waals surface area contributed by atoms with E-state index in [0.29, 0.717) is 0 Å². The third-order valence-electron chi connectivity index (χ3n) is 3.55. The van der Waals surface area contributed by atoms with Crippen LogP contribution in [-0.2, 0) is 7.05 Å². The number of aromatic nitrogens is 2. The summed E-state index contributed by atoms with van der Waals surface area (Å²) in [7, 11) is 1.90. The Morgan fingerprint density at radius 1 is 0.952 bits per heavy atom. The van der Waals surface area contributed by atoms with Crippen molar-refractivity contribution in [3.8, 4) is 11.1 Å². The molecule has 1 heterocycles. The van der Waals surface area contributed by atoms with Gasteiger partial charge in [0.15, 0.2) is 0 Å². The normalized spacial score (nSPS) is 12.3. The Labute approximate surface area is 124 Å². The second-order valence-electron chi connectivity index (χ2n) is 5.00. The van der Waals surface area contributed by atoms with Crippen LogP contribution in [0, 0.1) is 0 Å². The molecule has 0 bridgehead atoms. The molecule has 0 amide bonds. The van der Waals surface area contributed by atoms with Crippen LogP contribution in [0.2, 0.25) is 0 Å². The summed E-state index contributed by atoms with van der Waals surface area (Å²) in [6.07, 6.45) is 1.91. The van der Waals surface area contributed by atoms with Crippen LogP contribution >= 0.6 is 0 Å². The summed E-state index contributed by atoms with van der Waals surface area (Å²) >= 11 is 0. The van der Waals surface area contributed by atoms with Gasteiger partial charge in [-0.3, -0.25) is 10.5 Å². The zero-order chi connectivity index (χ0) is 14.7. The van der Waals surface area contributed by atoms with Gasteiger partial charge in [0, 0.05) is 13.2 Å². The van der Waals surface area contributed by atoms with Crippen molar-refractivity contribution in [2.24, 2.45) is 12.9 Å². The van der Waals surface area contributed by atoms with Gasteiger partial charge in [-0.15, -0.1) is 0 Å². The molecule has 3 rings (SSSR count). The van der Waals surface area contributed by atoms with E-state index in [1.807, 2.05) is 37.5 Å². The van der Waals surface area contributed by atoms with Gasteiger partial charge in [-0.2, -0.15) is 5.10 Å². The first-order chi connectivity index (χ1) is 10.3. The molecule has 0 spiro atoms. The molecule has 3 aromatic rings. The van der Waals surface area contributed by atoms with Crippen molar-refractivity contribution >= 4 is 0 Å². The number of nitrogens with two attached hydrogens (primary N) is 1. The lowest BCUT2D eigenvalue weighted by molar-refractivity contribution is 0.603. The van der Waals surface area contributed by atoms with Crippen LogP contribution in [0.1, 0.15) is 17.3 Å². The molecule has 1 unspecified atom stereocenters. The molecular formula is C17H18N4. The predicted octanol–water partition coefficient (Wildman–Crippen LogP) is 2.64. The molecule has 0 aliphatic heterocycles. The van der Waals surface area contributed by atoms with Crippen molar-refractivity contribution < 1.29 is 0 Å². The minimum Gasteiger partial charge on any atom is -0.275 e. The van der Waals surface area contributed by atoms with Gasteiger partial charge in [0.1, 0.15) is 0 Å². The molecule has 21 heavy (non-hydrogen) atoms. The highest BCUT2D eigenvalue weighted by molar-refractivity contribution is 5.63. The van der Waals surface area contributed by atoms with E-state index in [0.717, 1.165) is 11.3 Å². The molecule has 4 heteroatoms. The lowest BCUT2D eigenvalue weighted by Crippen LogP contribution is -2.29. The van der Waals surface area contributed by atoms with E-state index < -0.39 is 0 Å². The quantitative estimate of drug-likeness (QED) is 0.570. The first kappa shape index (κ1) is 13.5. The summed E-state index contributed by atoms with van der Waals surface area (Å²) in [6, 6.07) is 20.6. The molecule has 2 aromatic carbocycles. The van der Waals surface area contributed by atoms with Crippen molar-refractivity contribution in [1.82, 2.24) is 15.2 Å². The Hall–Kier alpha value is -2.43. The van der Waals surface area contributed by atoms with Gasteiger partial charge >= 0.3 is 0 Å². The number of nitrogens with zero attached hydrogens (tertiary/aromatic N) is 2. The monoisotopic (exact) mass is 278 g/mol.